The Hall–Kier alpha value is -6.84. The Labute approximate surface area is 293 Å². The lowest BCUT2D eigenvalue weighted by molar-refractivity contribution is 0.669. The van der Waals surface area contributed by atoms with Crippen LogP contribution in [0, 0.1) is 0 Å². The molecule has 0 atom stereocenters. The molecule has 3 aromatic heterocycles. The van der Waals surface area contributed by atoms with Gasteiger partial charge in [0.2, 0.25) is 0 Å². The number of furan rings is 1. The fraction of sp³-hybridized carbons (Fsp3) is 0. The van der Waals surface area contributed by atoms with Gasteiger partial charge in [-0.15, -0.1) is 0 Å². The second-order valence-corrected chi connectivity index (χ2v) is 13.4. The highest BCUT2D eigenvalue weighted by atomic mass is 16.3. The molecule has 11 aromatic rings. The van der Waals surface area contributed by atoms with E-state index >= 15 is 0 Å². The summed E-state index contributed by atoms with van der Waals surface area (Å²) in [6.45, 7) is 0. The molecular weight excluding hydrogens is 621 g/mol. The average molecular weight is 651 g/mol. The summed E-state index contributed by atoms with van der Waals surface area (Å²) in [5.74, 6) is 0. The zero-order chi connectivity index (χ0) is 33.5. The van der Waals surface area contributed by atoms with E-state index in [1.54, 1.807) is 0 Å². The number of hydrogen-bond donors (Lipinski definition) is 0. The average Bonchev–Trinajstić information content (AvgIpc) is 3.85. The van der Waals surface area contributed by atoms with Gasteiger partial charge in [0.15, 0.2) is 0 Å². The summed E-state index contributed by atoms with van der Waals surface area (Å²) in [5, 5.41) is 7.31. The second kappa shape index (κ2) is 10.8. The molecule has 0 saturated carbocycles. The molecule has 51 heavy (non-hydrogen) atoms. The molecule has 0 saturated heterocycles. The Morgan fingerprint density at radius 1 is 0.275 bits per heavy atom. The topological polar surface area (TPSA) is 23.0 Å². The molecule has 0 aliphatic carbocycles. The van der Waals surface area contributed by atoms with Crippen LogP contribution in [0.2, 0.25) is 0 Å². The number of para-hydroxylation sites is 4. The van der Waals surface area contributed by atoms with Gasteiger partial charge in [-0.1, -0.05) is 109 Å². The summed E-state index contributed by atoms with van der Waals surface area (Å²) in [4.78, 5) is 0. The van der Waals surface area contributed by atoms with Gasteiger partial charge in [0, 0.05) is 43.7 Å². The van der Waals surface area contributed by atoms with Gasteiger partial charge < -0.3 is 13.6 Å². The van der Waals surface area contributed by atoms with Crippen LogP contribution in [0.25, 0.3) is 99.2 Å². The lowest BCUT2D eigenvalue weighted by Gasteiger charge is -2.11. The third-order valence-electron chi connectivity index (χ3n) is 10.5. The van der Waals surface area contributed by atoms with Gasteiger partial charge in [-0.05, 0) is 95.1 Å². The molecule has 0 aliphatic heterocycles. The fourth-order valence-corrected chi connectivity index (χ4v) is 8.14. The van der Waals surface area contributed by atoms with Gasteiger partial charge in [-0.3, -0.25) is 0 Å². The van der Waals surface area contributed by atoms with Crippen molar-refractivity contribution in [2.75, 3.05) is 0 Å². The van der Waals surface area contributed by atoms with E-state index in [0.29, 0.717) is 0 Å². The van der Waals surface area contributed by atoms with E-state index < -0.39 is 0 Å². The van der Waals surface area contributed by atoms with Crippen molar-refractivity contribution in [3.8, 4) is 33.6 Å². The third kappa shape index (κ3) is 4.25. The van der Waals surface area contributed by atoms with E-state index in [-0.39, 0.29) is 0 Å². The van der Waals surface area contributed by atoms with Crippen LogP contribution in [0.3, 0.4) is 0 Å². The molecule has 3 nitrogen and oxygen atoms in total. The van der Waals surface area contributed by atoms with Gasteiger partial charge in [0.1, 0.15) is 11.2 Å². The predicted octanol–water partition coefficient (Wildman–Crippen LogP) is 13.1. The largest absolute Gasteiger partial charge is 0.456 e. The summed E-state index contributed by atoms with van der Waals surface area (Å²) >= 11 is 0. The van der Waals surface area contributed by atoms with E-state index in [1.807, 2.05) is 12.1 Å². The van der Waals surface area contributed by atoms with Gasteiger partial charge >= 0.3 is 0 Å². The highest BCUT2D eigenvalue weighted by Gasteiger charge is 2.16. The molecular formula is C48H30N2O. The van der Waals surface area contributed by atoms with Gasteiger partial charge in [-0.2, -0.15) is 0 Å². The Morgan fingerprint density at radius 2 is 0.765 bits per heavy atom. The number of hydrogen-bond acceptors (Lipinski definition) is 1. The summed E-state index contributed by atoms with van der Waals surface area (Å²) in [6, 6.07) is 65.6. The standard InChI is InChI=1S/C48H30N2O/c1-2-10-35(11-3-1)49-44-16-8-5-13-38(44)42-28-32(22-27-45(42)49)33-20-25-39-37-12-4-7-15-43(37)50(46(39)29-33)36-23-18-31(19-24-36)34-21-26-41-40-14-6-9-17-47(40)51-48(41)30-34/h1-30H. The number of rotatable bonds is 4. The SMILES string of the molecule is c1ccc(-n2c3ccccc3c3cc(-c4ccc5c6ccccc6n(-c6ccc(-c7ccc8c(c7)oc7ccccc78)cc6)c5c4)ccc32)cc1. The number of fused-ring (bicyclic) bond motifs is 9. The maximum absolute atomic E-state index is 6.20. The molecule has 3 heteroatoms. The minimum Gasteiger partial charge on any atom is -0.456 e. The van der Waals surface area contributed by atoms with E-state index in [2.05, 4.69) is 179 Å². The number of aromatic nitrogens is 2. The Kier molecular flexibility index (Phi) is 5.96. The van der Waals surface area contributed by atoms with Crippen molar-refractivity contribution >= 4 is 65.6 Å². The van der Waals surface area contributed by atoms with E-state index in [9.17, 15) is 0 Å². The number of benzene rings is 8. The van der Waals surface area contributed by atoms with Crippen LogP contribution < -0.4 is 0 Å². The molecule has 0 aliphatic rings. The maximum atomic E-state index is 6.20. The maximum Gasteiger partial charge on any atom is 0.136 e. The van der Waals surface area contributed by atoms with Crippen molar-refractivity contribution in [1.29, 1.82) is 0 Å². The van der Waals surface area contributed by atoms with Crippen molar-refractivity contribution in [2.45, 2.75) is 0 Å². The minimum atomic E-state index is 0.913. The van der Waals surface area contributed by atoms with Crippen LogP contribution in [0.5, 0.6) is 0 Å². The first-order chi connectivity index (χ1) is 25.3. The quantitative estimate of drug-likeness (QED) is 0.186. The smallest absolute Gasteiger partial charge is 0.136 e. The molecule has 3 heterocycles. The minimum absolute atomic E-state index is 0.913. The molecule has 11 rings (SSSR count). The Balaban J connectivity index is 1.04. The van der Waals surface area contributed by atoms with E-state index in [4.69, 9.17) is 4.42 Å². The predicted molar refractivity (Wildman–Crippen MR) is 213 cm³/mol. The summed E-state index contributed by atoms with van der Waals surface area (Å²) in [7, 11) is 0. The van der Waals surface area contributed by atoms with Crippen LogP contribution >= 0.6 is 0 Å². The third-order valence-corrected chi connectivity index (χ3v) is 10.5. The summed E-state index contributed by atoms with van der Waals surface area (Å²) < 4.78 is 11.0. The molecule has 0 spiro atoms. The second-order valence-electron chi connectivity index (χ2n) is 13.4. The molecule has 0 N–H and O–H groups in total. The highest BCUT2D eigenvalue weighted by Crippen LogP contribution is 2.39. The first-order valence-electron chi connectivity index (χ1n) is 17.4. The van der Waals surface area contributed by atoms with Crippen LogP contribution in [0.1, 0.15) is 0 Å². The van der Waals surface area contributed by atoms with Crippen molar-refractivity contribution in [2.24, 2.45) is 0 Å². The molecule has 0 unspecified atom stereocenters. The zero-order valence-electron chi connectivity index (χ0n) is 27.6. The van der Waals surface area contributed by atoms with Crippen LogP contribution in [-0.2, 0) is 0 Å². The normalized spacial score (nSPS) is 11.9. The monoisotopic (exact) mass is 650 g/mol. The Morgan fingerprint density at radius 3 is 1.55 bits per heavy atom. The van der Waals surface area contributed by atoms with Crippen molar-refractivity contribution in [1.82, 2.24) is 9.13 Å². The first kappa shape index (κ1) is 28.0. The Bertz CT molecular complexity index is 3120. The molecule has 0 fully saturated rings. The van der Waals surface area contributed by atoms with Crippen LogP contribution in [0.15, 0.2) is 186 Å². The molecule has 0 radical (unpaired) electrons. The summed E-state index contributed by atoms with van der Waals surface area (Å²) in [6.07, 6.45) is 0. The first-order valence-corrected chi connectivity index (χ1v) is 17.4. The molecule has 0 amide bonds. The van der Waals surface area contributed by atoms with Crippen LogP contribution in [0.4, 0.5) is 0 Å². The zero-order valence-corrected chi connectivity index (χ0v) is 27.6. The van der Waals surface area contributed by atoms with E-state index in [1.165, 1.54) is 60.4 Å². The molecule has 0 bridgehead atoms. The number of nitrogens with zero attached hydrogens (tertiary/aromatic N) is 2. The van der Waals surface area contributed by atoms with Crippen molar-refractivity contribution in [3.05, 3.63) is 182 Å². The van der Waals surface area contributed by atoms with Gasteiger partial charge in [0.05, 0.1) is 22.1 Å². The highest BCUT2D eigenvalue weighted by molar-refractivity contribution is 6.12. The lowest BCUT2D eigenvalue weighted by Crippen LogP contribution is -1.94. The lowest BCUT2D eigenvalue weighted by atomic mass is 10.0. The molecule has 238 valence electrons. The van der Waals surface area contributed by atoms with Crippen molar-refractivity contribution in [3.63, 3.8) is 0 Å². The molecule has 8 aromatic carbocycles. The van der Waals surface area contributed by atoms with Gasteiger partial charge in [-0.25, -0.2) is 0 Å². The van der Waals surface area contributed by atoms with Gasteiger partial charge in [0.25, 0.3) is 0 Å². The van der Waals surface area contributed by atoms with E-state index in [0.717, 1.165) is 38.8 Å². The fourth-order valence-electron chi connectivity index (χ4n) is 8.14. The summed E-state index contributed by atoms with van der Waals surface area (Å²) in [5.41, 5.74) is 13.6. The van der Waals surface area contributed by atoms with Crippen molar-refractivity contribution < 1.29 is 4.42 Å². The van der Waals surface area contributed by atoms with Crippen LogP contribution in [-0.4, -0.2) is 9.13 Å².